The fourth-order valence-corrected chi connectivity index (χ4v) is 1.98. The van der Waals surface area contributed by atoms with Crippen molar-refractivity contribution in [2.45, 2.75) is 33.1 Å². The van der Waals surface area contributed by atoms with Crippen molar-refractivity contribution >= 4 is 11.6 Å². The molecule has 0 aliphatic carbocycles. The van der Waals surface area contributed by atoms with E-state index in [4.69, 9.17) is 20.8 Å². The highest BCUT2D eigenvalue weighted by atomic mass is 35.5. The van der Waals surface area contributed by atoms with Crippen LogP contribution in [0.2, 0.25) is 5.02 Å². The first-order chi connectivity index (χ1) is 9.78. The van der Waals surface area contributed by atoms with Crippen LogP contribution in [0.25, 0.3) is 0 Å². The van der Waals surface area contributed by atoms with Gasteiger partial charge in [-0.15, -0.1) is 0 Å². The summed E-state index contributed by atoms with van der Waals surface area (Å²) in [5.41, 5.74) is 2.26. The van der Waals surface area contributed by atoms with Crippen molar-refractivity contribution in [2.24, 2.45) is 0 Å². The average Bonchev–Trinajstić information content (AvgIpc) is 2.89. The van der Waals surface area contributed by atoms with Gasteiger partial charge in [0.25, 0.3) is 0 Å². The summed E-state index contributed by atoms with van der Waals surface area (Å²) in [7, 11) is 0. The Kier molecular flexibility index (Phi) is 6.12. The first-order valence-corrected chi connectivity index (χ1v) is 7.25. The molecule has 0 amide bonds. The van der Waals surface area contributed by atoms with Crippen molar-refractivity contribution in [3.63, 3.8) is 0 Å². The Morgan fingerprint density at radius 2 is 1.95 bits per heavy atom. The van der Waals surface area contributed by atoms with Crippen LogP contribution in [0.3, 0.4) is 0 Å². The lowest BCUT2D eigenvalue weighted by Gasteiger charge is -2.02. The number of ether oxygens (including phenoxy) is 1. The van der Waals surface area contributed by atoms with Gasteiger partial charge in [-0.3, -0.25) is 0 Å². The molecule has 0 atom stereocenters. The van der Waals surface area contributed by atoms with Gasteiger partial charge in [0.05, 0.1) is 12.9 Å². The Bertz CT molecular complexity index is 507. The van der Waals surface area contributed by atoms with Crippen LogP contribution in [-0.4, -0.2) is 6.54 Å². The smallest absolute Gasteiger partial charge is 0.129 e. The molecule has 0 fully saturated rings. The number of nitrogens with one attached hydrogen (secondary N) is 1. The SMILES string of the molecule is CCCNCc1coc(COCc2ccc(Cl)cc2)c1. The number of hydrogen-bond acceptors (Lipinski definition) is 3. The minimum Gasteiger partial charge on any atom is -0.467 e. The Morgan fingerprint density at radius 1 is 1.15 bits per heavy atom. The van der Waals surface area contributed by atoms with E-state index >= 15 is 0 Å². The Labute approximate surface area is 124 Å². The Morgan fingerprint density at radius 3 is 2.70 bits per heavy atom. The van der Waals surface area contributed by atoms with E-state index in [1.807, 2.05) is 30.3 Å². The standard InChI is InChI=1S/C16H20ClNO2/c1-2-7-18-9-14-8-16(20-11-14)12-19-10-13-3-5-15(17)6-4-13/h3-6,8,11,18H,2,7,9-10,12H2,1H3. The highest BCUT2D eigenvalue weighted by Crippen LogP contribution is 2.13. The summed E-state index contributed by atoms with van der Waals surface area (Å²) in [5.74, 6) is 0.854. The van der Waals surface area contributed by atoms with Crippen LogP contribution in [0.1, 0.15) is 30.2 Å². The molecule has 2 aromatic rings. The first kappa shape index (κ1) is 15.1. The lowest BCUT2D eigenvalue weighted by atomic mass is 10.2. The van der Waals surface area contributed by atoms with Crippen molar-refractivity contribution < 1.29 is 9.15 Å². The van der Waals surface area contributed by atoms with E-state index in [-0.39, 0.29) is 0 Å². The number of rotatable bonds is 8. The minimum atomic E-state index is 0.483. The molecule has 1 aromatic carbocycles. The molecule has 0 aliphatic heterocycles. The van der Waals surface area contributed by atoms with Crippen LogP contribution in [-0.2, 0) is 24.5 Å². The molecule has 1 aromatic heterocycles. The van der Waals surface area contributed by atoms with E-state index < -0.39 is 0 Å². The van der Waals surface area contributed by atoms with Gasteiger partial charge in [0.2, 0.25) is 0 Å². The monoisotopic (exact) mass is 293 g/mol. The summed E-state index contributed by atoms with van der Waals surface area (Å²) < 4.78 is 11.1. The third-order valence-electron chi connectivity index (χ3n) is 2.89. The zero-order valence-electron chi connectivity index (χ0n) is 11.7. The van der Waals surface area contributed by atoms with Gasteiger partial charge in [-0.2, -0.15) is 0 Å². The molecule has 4 heteroatoms. The molecule has 1 heterocycles. The van der Waals surface area contributed by atoms with E-state index in [0.29, 0.717) is 13.2 Å². The van der Waals surface area contributed by atoms with Crippen LogP contribution in [0.5, 0.6) is 0 Å². The molecule has 0 unspecified atom stereocenters. The van der Waals surface area contributed by atoms with Gasteiger partial charge in [0.15, 0.2) is 0 Å². The maximum Gasteiger partial charge on any atom is 0.129 e. The van der Waals surface area contributed by atoms with E-state index in [0.717, 1.165) is 41.4 Å². The topological polar surface area (TPSA) is 34.4 Å². The lowest BCUT2D eigenvalue weighted by Crippen LogP contribution is -2.13. The summed E-state index contributed by atoms with van der Waals surface area (Å²) >= 11 is 5.83. The molecule has 0 aliphatic rings. The quantitative estimate of drug-likeness (QED) is 0.743. The molecule has 108 valence electrons. The highest BCUT2D eigenvalue weighted by molar-refractivity contribution is 6.30. The van der Waals surface area contributed by atoms with Crippen LogP contribution in [0.15, 0.2) is 41.0 Å². The molecule has 2 rings (SSSR count). The third-order valence-corrected chi connectivity index (χ3v) is 3.14. The molecule has 0 radical (unpaired) electrons. The number of benzene rings is 1. The van der Waals surface area contributed by atoms with Gasteiger partial charge >= 0.3 is 0 Å². The summed E-state index contributed by atoms with van der Waals surface area (Å²) in [6.07, 6.45) is 2.92. The summed E-state index contributed by atoms with van der Waals surface area (Å²) in [5, 5.41) is 4.08. The fraction of sp³-hybridized carbons (Fsp3) is 0.375. The van der Waals surface area contributed by atoms with Crippen molar-refractivity contribution in [1.82, 2.24) is 5.32 Å². The van der Waals surface area contributed by atoms with Gasteiger partial charge in [0, 0.05) is 17.1 Å². The van der Waals surface area contributed by atoms with Gasteiger partial charge in [-0.05, 0) is 36.7 Å². The van der Waals surface area contributed by atoms with Gasteiger partial charge < -0.3 is 14.5 Å². The summed E-state index contributed by atoms with van der Waals surface area (Å²) in [4.78, 5) is 0. The van der Waals surface area contributed by atoms with E-state index in [9.17, 15) is 0 Å². The van der Waals surface area contributed by atoms with Crippen molar-refractivity contribution in [3.8, 4) is 0 Å². The second-order valence-corrected chi connectivity index (χ2v) is 5.15. The largest absolute Gasteiger partial charge is 0.467 e. The van der Waals surface area contributed by atoms with E-state index in [1.54, 1.807) is 6.26 Å². The Hall–Kier alpha value is -1.29. The lowest BCUT2D eigenvalue weighted by molar-refractivity contribution is 0.0929. The molecular weight excluding hydrogens is 274 g/mol. The molecule has 1 N–H and O–H groups in total. The second-order valence-electron chi connectivity index (χ2n) is 4.72. The molecule has 3 nitrogen and oxygen atoms in total. The maximum absolute atomic E-state index is 5.83. The predicted octanol–water partition coefficient (Wildman–Crippen LogP) is 4.15. The molecule has 20 heavy (non-hydrogen) atoms. The van der Waals surface area contributed by atoms with Gasteiger partial charge in [0.1, 0.15) is 12.4 Å². The van der Waals surface area contributed by atoms with E-state index in [1.165, 1.54) is 0 Å². The van der Waals surface area contributed by atoms with Crippen LogP contribution in [0.4, 0.5) is 0 Å². The van der Waals surface area contributed by atoms with Crippen LogP contribution in [0, 0.1) is 0 Å². The average molecular weight is 294 g/mol. The second kappa shape index (κ2) is 8.10. The van der Waals surface area contributed by atoms with Crippen molar-refractivity contribution in [1.29, 1.82) is 0 Å². The Balaban J connectivity index is 1.72. The molecule has 0 spiro atoms. The molecule has 0 saturated carbocycles. The van der Waals surface area contributed by atoms with Crippen LogP contribution >= 0.6 is 11.6 Å². The predicted molar refractivity (Wildman–Crippen MR) is 80.7 cm³/mol. The summed E-state index contributed by atoms with van der Waals surface area (Å²) in [6, 6.07) is 9.69. The summed E-state index contributed by atoms with van der Waals surface area (Å²) in [6.45, 7) is 5.05. The van der Waals surface area contributed by atoms with E-state index in [2.05, 4.69) is 12.2 Å². The van der Waals surface area contributed by atoms with Gasteiger partial charge in [-0.1, -0.05) is 30.7 Å². The first-order valence-electron chi connectivity index (χ1n) is 6.87. The maximum atomic E-state index is 5.83. The van der Waals surface area contributed by atoms with Crippen molar-refractivity contribution in [2.75, 3.05) is 6.54 Å². The minimum absolute atomic E-state index is 0.483. The normalized spacial score (nSPS) is 10.9. The molecule has 0 bridgehead atoms. The highest BCUT2D eigenvalue weighted by Gasteiger charge is 2.02. The molecular formula is C16H20ClNO2. The van der Waals surface area contributed by atoms with Crippen molar-refractivity contribution in [3.05, 3.63) is 58.5 Å². The fourth-order valence-electron chi connectivity index (χ4n) is 1.85. The zero-order valence-corrected chi connectivity index (χ0v) is 12.5. The number of halogens is 1. The number of furan rings is 1. The zero-order chi connectivity index (χ0) is 14.2. The van der Waals surface area contributed by atoms with Crippen LogP contribution < -0.4 is 5.32 Å². The molecule has 0 saturated heterocycles. The number of hydrogen-bond donors (Lipinski definition) is 1. The van der Waals surface area contributed by atoms with Gasteiger partial charge in [-0.25, -0.2) is 0 Å². The third kappa shape index (κ3) is 5.00.